The second kappa shape index (κ2) is 10.2. The largest absolute Gasteiger partial charge is 0.414 e. The number of hydrogen-bond acceptors (Lipinski definition) is 3. The van der Waals surface area contributed by atoms with Crippen LogP contribution in [0, 0.1) is 52.3 Å². The van der Waals surface area contributed by atoms with Crippen molar-refractivity contribution in [3.05, 3.63) is 0 Å². The number of unbranched alkanes of at least 4 members (excludes halogenated alkanes) is 2. The highest BCUT2D eigenvalue weighted by molar-refractivity contribution is 6.74. The van der Waals surface area contributed by atoms with Crippen LogP contribution in [0.3, 0.4) is 0 Å². The number of aliphatic hydroxyl groups is 2. The number of rotatable bonds is 5. The number of aliphatic hydroxyl groups excluding tert-OH is 1. The molecule has 0 heterocycles. The molecule has 0 amide bonds. The SMILES string of the molecule is CCCCC#CC(C)(O)[C@H]1CC[C@H]2[C@@H]3C[C@H](O)[C@H]4CC(O[Si](C)(C)C(C)(C)C)CC[C@]4(C)[C@H]3CC[C@]12C. The van der Waals surface area contributed by atoms with Crippen LogP contribution in [0.5, 0.6) is 0 Å². The molecule has 2 unspecified atom stereocenters. The van der Waals surface area contributed by atoms with E-state index in [2.05, 4.69) is 66.5 Å². The third kappa shape index (κ3) is 5.26. The molecule has 0 radical (unpaired) electrons. The summed E-state index contributed by atoms with van der Waals surface area (Å²) in [5.74, 6) is 9.05. The summed E-state index contributed by atoms with van der Waals surface area (Å²) >= 11 is 0. The fourth-order valence-electron chi connectivity index (χ4n) is 9.48. The molecule has 0 bridgehead atoms. The zero-order valence-corrected chi connectivity index (χ0v) is 26.6. The highest BCUT2D eigenvalue weighted by Gasteiger charge is 2.64. The molecule has 4 heteroatoms. The van der Waals surface area contributed by atoms with Crippen molar-refractivity contribution in [3.63, 3.8) is 0 Å². The van der Waals surface area contributed by atoms with Gasteiger partial charge in [0, 0.05) is 18.4 Å². The van der Waals surface area contributed by atoms with Crippen LogP contribution in [0.2, 0.25) is 18.1 Å². The van der Waals surface area contributed by atoms with Crippen LogP contribution in [-0.2, 0) is 4.43 Å². The molecule has 2 N–H and O–H groups in total. The Morgan fingerprint density at radius 1 is 0.919 bits per heavy atom. The summed E-state index contributed by atoms with van der Waals surface area (Å²) in [5.41, 5.74) is -0.587. The van der Waals surface area contributed by atoms with Gasteiger partial charge in [0.15, 0.2) is 8.32 Å². The lowest BCUT2D eigenvalue weighted by molar-refractivity contribution is -0.174. The van der Waals surface area contributed by atoms with E-state index >= 15 is 0 Å². The van der Waals surface area contributed by atoms with Gasteiger partial charge in [-0.05, 0) is 117 Å². The minimum Gasteiger partial charge on any atom is -0.414 e. The summed E-state index contributed by atoms with van der Waals surface area (Å²) in [6.45, 7) is 20.9. The Kier molecular flexibility index (Phi) is 8.21. The van der Waals surface area contributed by atoms with E-state index in [1.165, 1.54) is 25.7 Å². The smallest absolute Gasteiger partial charge is 0.192 e. The predicted molar refractivity (Wildman–Crippen MR) is 157 cm³/mol. The van der Waals surface area contributed by atoms with Gasteiger partial charge in [0.2, 0.25) is 0 Å². The Hall–Kier alpha value is -0.343. The van der Waals surface area contributed by atoms with Gasteiger partial charge < -0.3 is 14.6 Å². The number of fused-ring (bicyclic) bond motifs is 5. The molecule has 0 aliphatic heterocycles. The molecule has 0 aromatic carbocycles. The molecule has 0 saturated heterocycles. The fourth-order valence-corrected chi connectivity index (χ4v) is 10.9. The van der Waals surface area contributed by atoms with Gasteiger partial charge >= 0.3 is 0 Å². The normalized spacial score (nSPS) is 43.6. The first-order valence-electron chi connectivity index (χ1n) is 15.6. The van der Waals surface area contributed by atoms with Gasteiger partial charge in [-0.25, -0.2) is 0 Å². The van der Waals surface area contributed by atoms with Crippen LogP contribution >= 0.6 is 0 Å². The standard InChI is InChI=1S/C33H58O3Si/c1-10-11-12-13-18-33(7,35)29-15-14-25-24-22-28(34)27-21-23(36-37(8,9)30(2,3)4)16-19-31(27,5)26(24)17-20-32(25,29)6/h23-29,34-35H,10-12,14-17,19-22H2,1-9H3/t23?,24-,25-,26-,27+,28-,29-,31+,32-,33?/m0/s1. The quantitative estimate of drug-likeness (QED) is 0.215. The van der Waals surface area contributed by atoms with Crippen LogP contribution in [-0.4, -0.2) is 36.3 Å². The zero-order chi connectivity index (χ0) is 27.4. The molecule has 212 valence electrons. The fraction of sp³-hybridized carbons (Fsp3) is 0.939. The van der Waals surface area contributed by atoms with Gasteiger partial charge in [-0.2, -0.15) is 0 Å². The summed E-state index contributed by atoms with van der Waals surface area (Å²) in [4.78, 5) is 0. The highest BCUT2D eigenvalue weighted by atomic mass is 28.4. The third-order valence-corrected chi connectivity index (χ3v) is 17.1. The molecule has 0 aromatic heterocycles. The minimum absolute atomic E-state index is 0.121. The lowest BCUT2D eigenvalue weighted by Gasteiger charge is -2.63. The van der Waals surface area contributed by atoms with Crippen LogP contribution in [0.15, 0.2) is 0 Å². The van der Waals surface area contributed by atoms with Crippen molar-refractivity contribution in [2.75, 3.05) is 0 Å². The van der Waals surface area contributed by atoms with Crippen LogP contribution in [0.1, 0.15) is 119 Å². The van der Waals surface area contributed by atoms with Gasteiger partial charge in [-0.1, -0.05) is 53.9 Å². The molecule has 37 heavy (non-hydrogen) atoms. The van der Waals surface area contributed by atoms with E-state index in [1.54, 1.807) is 0 Å². The molecule has 10 atom stereocenters. The predicted octanol–water partition coefficient (Wildman–Crippen LogP) is 7.95. The van der Waals surface area contributed by atoms with Crippen molar-refractivity contribution in [2.45, 2.75) is 155 Å². The lowest BCUT2D eigenvalue weighted by atomic mass is 9.43. The van der Waals surface area contributed by atoms with E-state index in [-0.39, 0.29) is 27.9 Å². The average Bonchev–Trinajstić information content (AvgIpc) is 3.15. The van der Waals surface area contributed by atoms with Crippen LogP contribution in [0.25, 0.3) is 0 Å². The molecule has 3 nitrogen and oxygen atoms in total. The first kappa shape index (κ1) is 29.6. The maximum Gasteiger partial charge on any atom is 0.192 e. The van der Waals surface area contributed by atoms with E-state index < -0.39 is 13.9 Å². The second-order valence-electron chi connectivity index (χ2n) is 15.8. The maximum atomic E-state index is 11.7. The van der Waals surface area contributed by atoms with Crippen molar-refractivity contribution < 1.29 is 14.6 Å². The topological polar surface area (TPSA) is 49.7 Å². The summed E-state index contributed by atoms with van der Waals surface area (Å²) in [7, 11) is -1.81. The molecular formula is C33H58O3Si. The van der Waals surface area contributed by atoms with Crippen molar-refractivity contribution in [1.82, 2.24) is 0 Å². The van der Waals surface area contributed by atoms with Crippen molar-refractivity contribution in [1.29, 1.82) is 0 Å². The van der Waals surface area contributed by atoms with E-state index in [0.717, 1.165) is 44.9 Å². The summed E-state index contributed by atoms with van der Waals surface area (Å²) in [6.07, 6.45) is 12.2. The summed E-state index contributed by atoms with van der Waals surface area (Å²) in [6, 6.07) is 0. The Morgan fingerprint density at radius 3 is 2.22 bits per heavy atom. The van der Waals surface area contributed by atoms with Crippen LogP contribution < -0.4 is 0 Å². The van der Waals surface area contributed by atoms with Crippen molar-refractivity contribution in [3.8, 4) is 11.8 Å². The Balaban J connectivity index is 1.50. The molecule has 0 aromatic rings. The molecular weight excluding hydrogens is 472 g/mol. The second-order valence-corrected chi connectivity index (χ2v) is 20.6. The molecule has 0 spiro atoms. The van der Waals surface area contributed by atoms with Crippen molar-refractivity contribution in [2.24, 2.45) is 40.4 Å². The minimum atomic E-state index is -1.81. The lowest BCUT2D eigenvalue weighted by Crippen LogP contribution is -2.59. The monoisotopic (exact) mass is 530 g/mol. The number of hydrogen-bond donors (Lipinski definition) is 2. The van der Waals surface area contributed by atoms with Crippen molar-refractivity contribution >= 4 is 8.32 Å². The maximum absolute atomic E-state index is 11.7. The van der Waals surface area contributed by atoms with Gasteiger partial charge in [-0.15, -0.1) is 5.92 Å². The Labute approximate surface area is 230 Å². The van der Waals surface area contributed by atoms with E-state index in [1.807, 2.05) is 6.92 Å². The van der Waals surface area contributed by atoms with E-state index in [9.17, 15) is 10.2 Å². The average molecular weight is 531 g/mol. The van der Waals surface area contributed by atoms with Gasteiger partial charge in [0.05, 0.1) is 6.10 Å². The molecule has 4 aliphatic carbocycles. The van der Waals surface area contributed by atoms with Gasteiger partial charge in [0.25, 0.3) is 0 Å². The van der Waals surface area contributed by atoms with Crippen LogP contribution in [0.4, 0.5) is 0 Å². The molecule has 4 saturated carbocycles. The molecule has 4 rings (SSSR count). The first-order chi connectivity index (χ1) is 17.1. The zero-order valence-electron chi connectivity index (χ0n) is 25.6. The summed E-state index contributed by atoms with van der Waals surface area (Å²) in [5, 5.41) is 23.4. The molecule has 4 aliphatic rings. The van der Waals surface area contributed by atoms with E-state index in [4.69, 9.17) is 4.43 Å². The molecule has 4 fully saturated rings. The third-order valence-electron chi connectivity index (χ3n) is 12.6. The highest BCUT2D eigenvalue weighted by Crippen LogP contribution is 2.68. The Morgan fingerprint density at radius 2 is 1.57 bits per heavy atom. The summed E-state index contributed by atoms with van der Waals surface area (Å²) < 4.78 is 6.89. The van der Waals surface area contributed by atoms with Gasteiger partial charge in [0.1, 0.15) is 5.60 Å². The van der Waals surface area contributed by atoms with Gasteiger partial charge in [-0.3, -0.25) is 0 Å². The first-order valence-corrected chi connectivity index (χ1v) is 18.6. The van der Waals surface area contributed by atoms with E-state index in [0.29, 0.717) is 29.8 Å². The Bertz CT molecular complexity index is 878.